The summed E-state index contributed by atoms with van der Waals surface area (Å²) in [4.78, 5) is 29.9. The number of alkyl halides is 3. The molecule has 1 aliphatic heterocycles. The first-order chi connectivity index (χ1) is 17.6. The van der Waals surface area contributed by atoms with E-state index in [1.807, 2.05) is 26.8 Å². The normalized spacial score (nSPS) is 19.6. The lowest BCUT2D eigenvalue weighted by Crippen LogP contribution is -2.59. The van der Waals surface area contributed by atoms with Gasteiger partial charge in [0.1, 0.15) is 17.3 Å². The zero-order valence-corrected chi connectivity index (χ0v) is 21.0. The van der Waals surface area contributed by atoms with Crippen molar-refractivity contribution in [1.29, 1.82) is 5.26 Å². The highest BCUT2D eigenvalue weighted by Gasteiger charge is 2.37. The number of fused-ring (bicyclic) bond motifs is 1. The number of anilines is 1. The number of pyridine rings is 2. The molecule has 9 nitrogen and oxygen atoms in total. The maximum Gasteiger partial charge on any atom is 0.574 e. The van der Waals surface area contributed by atoms with Crippen molar-refractivity contribution in [3.05, 3.63) is 52.2 Å². The summed E-state index contributed by atoms with van der Waals surface area (Å²) >= 11 is 0. The van der Waals surface area contributed by atoms with Crippen LogP contribution in [0.2, 0.25) is 0 Å². The number of ether oxygens (including phenoxy) is 1. The second-order valence-corrected chi connectivity index (χ2v) is 9.05. The first kappa shape index (κ1) is 26.3. The van der Waals surface area contributed by atoms with Crippen LogP contribution >= 0.6 is 0 Å². The second kappa shape index (κ2) is 10.3. The lowest BCUT2D eigenvalue weighted by molar-refractivity contribution is -0.276. The lowest BCUT2D eigenvalue weighted by Gasteiger charge is -2.48. The van der Waals surface area contributed by atoms with E-state index in [0.29, 0.717) is 35.6 Å². The molecule has 3 aromatic heterocycles. The predicted molar refractivity (Wildman–Crippen MR) is 131 cm³/mol. The lowest BCUT2D eigenvalue weighted by atomic mass is 9.98. The molecule has 0 spiro atoms. The Morgan fingerprint density at radius 3 is 2.49 bits per heavy atom. The summed E-state index contributed by atoms with van der Waals surface area (Å²) in [7, 11) is 1.62. The van der Waals surface area contributed by atoms with Gasteiger partial charge in [-0.1, -0.05) is 19.9 Å². The molecule has 4 rings (SSSR count). The average Bonchev–Trinajstić information content (AvgIpc) is 2.88. The molecule has 3 aromatic rings. The van der Waals surface area contributed by atoms with Gasteiger partial charge >= 0.3 is 12.1 Å². The molecular weight excluding hydrogens is 487 g/mol. The highest BCUT2D eigenvalue weighted by atomic mass is 19.4. The second-order valence-electron chi connectivity index (χ2n) is 9.05. The van der Waals surface area contributed by atoms with Crippen LogP contribution in [-0.2, 0) is 7.05 Å². The number of hydrogen-bond donors (Lipinski definition) is 0. The van der Waals surface area contributed by atoms with Gasteiger partial charge in [-0.25, -0.2) is 14.8 Å². The Hall–Kier alpha value is -3.72. The van der Waals surface area contributed by atoms with E-state index < -0.39 is 17.9 Å². The summed E-state index contributed by atoms with van der Waals surface area (Å²) in [6, 6.07) is 9.34. The fourth-order valence-corrected chi connectivity index (χ4v) is 4.90. The van der Waals surface area contributed by atoms with Gasteiger partial charge in [0.05, 0.1) is 11.2 Å². The van der Waals surface area contributed by atoms with Gasteiger partial charge in [0.15, 0.2) is 5.82 Å². The summed E-state index contributed by atoms with van der Waals surface area (Å²) < 4.78 is 43.6. The van der Waals surface area contributed by atoms with Gasteiger partial charge in [0.2, 0.25) is 5.88 Å². The molecule has 1 unspecified atom stereocenters. The van der Waals surface area contributed by atoms with Gasteiger partial charge in [0, 0.05) is 44.3 Å². The molecule has 37 heavy (non-hydrogen) atoms. The Kier molecular flexibility index (Phi) is 7.36. The van der Waals surface area contributed by atoms with E-state index in [0.717, 1.165) is 12.8 Å². The molecular formula is C25H28F3N7O2. The summed E-state index contributed by atoms with van der Waals surface area (Å²) in [5, 5.41) is 9.39. The monoisotopic (exact) mass is 515 g/mol. The van der Waals surface area contributed by atoms with E-state index in [1.54, 1.807) is 25.2 Å². The molecule has 0 saturated carbocycles. The Labute approximate surface area is 212 Å². The van der Waals surface area contributed by atoms with Crippen LogP contribution in [0, 0.1) is 11.3 Å². The van der Waals surface area contributed by atoms with Crippen molar-refractivity contribution >= 4 is 16.9 Å². The van der Waals surface area contributed by atoms with Crippen LogP contribution in [-0.4, -0.2) is 56.0 Å². The van der Waals surface area contributed by atoms with E-state index >= 15 is 0 Å². The van der Waals surface area contributed by atoms with E-state index in [1.165, 1.54) is 16.7 Å². The quantitative estimate of drug-likeness (QED) is 0.487. The molecule has 1 aliphatic rings. The molecule has 4 heterocycles. The number of hydrogen-bond acceptors (Lipinski definition) is 8. The number of nitriles is 1. The van der Waals surface area contributed by atoms with Gasteiger partial charge in [-0.05, 0) is 38.0 Å². The predicted octanol–water partition coefficient (Wildman–Crippen LogP) is 3.93. The summed E-state index contributed by atoms with van der Waals surface area (Å²) in [5.41, 5.74) is 1.35. The molecule has 0 bridgehead atoms. The molecule has 0 radical (unpaired) electrons. The summed E-state index contributed by atoms with van der Waals surface area (Å²) in [6.45, 7) is 7.06. The third-order valence-corrected chi connectivity index (χ3v) is 6.89. The third kappa shape index (κ3) is 5.36. The van der Waals surface area contributed by atoms with Gasteiger partial charge < -0.3 is 9.64 Å². The fourth-order valence-electron chi connectivity index (χ4n) is 4.90. The van der Waals surface area contributed by atoms with Crippen molar-refractivity contribution in [2.75, 3.05) is 18.0 Å². The van der Waals surface area contributed by atoms with Crippen LogP contribution in [0.4, 0.5) is 19.0 Å². The summed E-state index contributed by atoms with van der Waals surface area (Å²) in [6.07, 6.45) is -3.35. The SMILES string of the molecule is CC[C@H]1CN(C(C)c2cccc(OC(F)(F)F)n2)[C@H](CC)CN1c1nc(=O)n(C)c2ccc(C#N)nc12. The average molecular weight is 516 g/mol. The van der Waals surface area contributed by atoms with Gasteiger partial charge in [-0.2, -0.15) is 10.2 Å². The van der Waals surface area contributed by atoms with E-state index in [9.17, 15) is 23.2 Å². The summed E-state index contributed by atoms with van der Waals surface area (Å²) in [5.74, 6) is -0.0581. The van der Waals surface area contributed by atoms with Gasteiger partial charge in [0.25, 0.3) is 0 Å². The number of halogens is 3. The van der Waals surface area contributed by atoms with Gasteiger partial charge in [-0.3, -0.25) is 9.47 Å². The molecule has 1 saturated heterocycles. The van der Waals surface area contributed by atoms with E-state index in [-0.39, 0.29) is 23.8 Å². The molecule has 0 aromatic carbocycles. The van der Waals surface area contributed by atoms with Gasteiger partial charge in [-0.15, -0.1) is 13.2 Å². The molecule has 3 atom stereocenters. The minimum absolute atomic E-state index is 0.00755. The first-order valence-electron chi connectivity index (χ1n) is 12.1. The van der Waals surface area contributed by atoms with Crippen LogP contribution in [0.3, 0.4) is 0 Å². The molecule has 0 aliphatic carbocycles. The minimum atomic E-state index is -4.82. The van der Waals surface area contributed by atoms with E-state index in [4.69, 9.17) is 0 Å². The molecule has 12 heteroatoms. The van der Waals surface area contributed by atoms with Crippen molar-refractivity contribution in [3.8, 4) is 11.9 Å². The van der Waals surface area contributed by atoms with Crippen LogP contribution in [0.15, 0.2) is 35.1 Å². The van der Waals surface area contributed by atoms with Crippen molar-refractivity contribution < 1.29 is 17.9 Å². The zero-order valence-electron chi connectivity index (χ0n) is 21.0. The smallest absolute Gasteiger partial charge is 0.388 e. The number of nitrogens with zero attached hydrogens (tertiary/aromatic N) is 7. The first-order valence-corrected chi connectivity index (χ1v) is 12.1. The van der Waals surface area contributed by atoms with Crippen LogP contribution in [0.5, 0.6) is 5.88 Å². The standard InChI is InChI=1S/C25H28F3N7O2/c1-5-17-14-35(23-22-20(33(4)24(36)32-23)11-10-16(12-29)30-22)18(6-2)13-34(17)15(3)19-8-7-9-21(31-19)37-25(26,27)28/h7-11,15,17-18H,5-6,13-14H2,1-4H3/t15?,17-,18+/m1/s1. The van der Waals surface area contributed by atoms with Crippen LogP contribution in [0.1, 0.15) is 51.0 Å². The number of aromatic nitrogens is 4. The minimum Gasteiger partial charge on any atom is -0.388 e. The van der Waals surface area contributed by atoms with Crippen LogP contribution < -0.4 is 15.3 Å². The molecule has 1 fully saturated rings. The Morgan fingerprint density at radius 2 is 1.84 bits per heavy atom. The third-order valence-electron chi connectivity index (χ3n) is 6.89. The Bertz CT molecular complexity index is 1390. The van der Waals surface area contributed by atoms with Crippen molar-refractivity contribution in [1.82, 2.24) is 24.4 Å². The maximum absolute atomic E-state index is 12.7. The highest BCUT2D eigenvalue weighted by molar-refractivity contribution is 5.86. The van der Waals surface area contributed by atoms with Crippen LogP contribution in [0.25, 0.3) is 11.0 Å². The number of piperazine rings is 1. The Morgan fingerprint density at radius 1 is 1.11 bits per heavy atom. The van der Waals surface area contributed by atoms with Crippen molar-refractivity contribution in [3.63, 3.8) is 0 Å². The largest absolute Gasteiger partial charge is 0.574 e. The van der Waals surface area contributed by atoms with Crippen molar-refractivity contribution in [2.45, 2.75) is 58.1 Å². The number of aryl methyl sites for hydroxylation is 1. The molecule has 0 N–H and O–H groups in total. The Balaban J connectivity index is 1.70. The number of rotatable bonds is 6. The maximum atomic E-state index is 12.7. The fraction of sp³-hybridized carbons (Fsp3) is 0.480. The zero-order chi connectivity index (χ0) is 26.9. The van der Waals surface area contributed by atoms with E-state index in [2.05, 4.69) is 29.5 Å². The van der Waals surface area contributed by atoms with Crippen molar-refractivity contribution in [2.24, 2.45) is 7.05 Å². The molecule has 0 amide bonds. The topological polar surface area (TPSA) is 100 Å². The highest BCUT2D eigenvalue weighted by Crippen LogP contribution is 2.33. The molecule has 196 valence electrons.